The van der Waals surface area contributed by atoms with E-state index in [1.807, 2.05) is 24.3 Å². The van der Waals surface area contributed by atoms with Crippen LogP contribution in [0.4, 0.5) is 0 Å². The van der Waals surface area contributed by atoms with Crippen molar-refractivity contribution in [3.05, 3.63) is 174 Å². The Morgan fingerprint density at radius 3 is 1.77 bits per heavy atom. The largest absolute Gasteiger partial charge is 0.208 e. The molecule has 0 amide bonds. The molecule has 3 atom stereocenters. The molecule has 2 bridgehead atoms. The zero-order valence-electron chi connectivity index (χ0n) is 29.3. The van der Waals surface area contributed by atoms with E-state index in [4.69, 9.17) is 15.0 Å². The first-order valence-electron chi connectivity index (χ1n) is 18.7. The number of benzene rings is 6. The van der Waals surface area contributed by atoms with Crippen molar-refractivity contribution in [2.45, 2.75) is 38.0 Å². The van der Waals surface area contributed by atoms with Crippen molar-refractivity contribution >= 4 is 0 Å². The Balaban J connectivity index is 1.15. The summed E-state index contributed by atoms with van der Waals surface area (Å²) in [5, 5.41) is 0. The molecule has 1 heterocycles. The van der Waals surface area contributed by atoms with Gasteiger partial charge < -0.3 is 0 Å². The third kappa shape index (κ3) is 4.98. The Hall–Kier alpha value is -5.93. The smallest absolute Gasteiger partial charge is 0.164 e. The van der Waals surface area contributed by atoms with E-state index in [2.05, 4.69) is 140 Å². The molecule has 0 saturated heterocycles. The molecular formula is C49H39N3. The van der Waals surface area contributed by atoms with Gasteiger partial charge in [0, 0.05) is 22.1 Å². The normalized spacial score (nSPS) is 19.9. The molecule has 0 radical (unpaired) electrons. The molecule has 250 valence electrons. The predicted octanol–water partition coefficient (Wildman–Crippen LogP) is 12.2. The van der Waals surface area contributed by atoms with Crippen LogP contribution < -0.4 is 0 Å². The lowest BCUT2D eigenvalue weighted by Gasteiger charge is -2.45. The highest BCUT2D eigenvalue weighted by Gasteiger charge is 2.50. The topological polar surface area (TPSA) is 38.7 Å². The molecular weight excluding hydrogens is 631 g/mol. The van der Waals surface area contributed by atoms with Crippen LogP contribution in [-0.4, -0.2) is 15.0 Å². The quantitative estimate of drug-likeness (QED) is 0.171. The van der Waals surface area contributed by atoms with E-state index in [9.17, 15) is 0 Å². The van der Waals surface area contributed by atoms with Crippen LogP contribution >= 0.6 is 0 Å². The van der Waals surface area contributed by atoms with Crippen LogP contribution in [0.1, 0.15) is 43.7 Å². The first-order valence-corrected chi connectivity index (χ1v) is 18.7. The average molecular weight is 670 g/mol. The molecule has 6 aromatic carbocycles. The fourth-order valence-corrected chi connectivity index (χ4v) is 9.47. The fourth-order valence-electron chi connectivity index (χ4n) is 9.47. The molecule has 3 unspecified atom stereocenters. The van der Waals surface area contributed by atoms with Gasteiger partial charge in [-0.2, -0.15) is 0 Å². The van der Waals surface area contributed by atoms with Gasteiger partial charge in [0.2, 0.25) is 0 Å². The van der Waals surface area contributed by atoms with Crippen LogP contribution in [0.3, 0.4) is 0 Å². The molecule has 10 rings (SSSR count). The number of allylic oxidation sites excluding steroid dienone is 2. The molecule has 1 aromatic heterocycles. The van der Waals surface area contributed by atoms with Crippen LogP contribution in [0.2, 0.25) is 0 Å². The van der Waals surface area contributed by atoms with E-state index in [-0.39, 0.29) is 5.41 Å². The first kappa shape index (κ1) is 30.9. The highest BCUT2D eigenvalue weighted by atomic mass is 15.0. The second kappa shape index (κ2) is 12.4. The number of rotatable bonds is 5. The van der Waals surface area contributed by atoms with Crippen molar-refractivity contribution in [2.75, 3.05) is 0 Å². The second-order valence-corrected chi connectivity index (χ2v) is 14.9. The van der Waals surface area contributed by atoms with E-state index in [0.717, 1.165) is 33.7 Å². The fraction of sp³-hybridized carbons (Fsp3) is 0.163. The summed E-state index contributed by atoms with van der Waals surface area (Å²) in [7, 11) is 0. The third-order valence-electron chi connectivity index (χ3n) is 11.7. The maximum atomic E-state index is 5.23. The molecule has 1 fully saturated rings. The van der Waals surface area contributed by atoms with Gasteiger partial charge in [-0.05, 0) is 82.0 Å². The molecule has 0 aliphatic heterocycles. The van der Waals surface area contributed by atoms with Crippen molar-refractivity contribution in [2.24, 2.45) is 11.8 Å². The maximum absolute atomic E-state index is 5.23. The Bertz CT molecular complexity index is 2480. The predicted molar refractivity (Wildman–Crippen MR) is 212 cm³/mol. The lowest BCUT2D eigenvalue weighted by atomic mass is 9.58. The van der Waals surface area contributed by atoms with Gasteiger partial charge >= 0.3 is 0 Å². The Labute approximate surface area is 305 Å². The van der Waals surface area contributed by atoms with Gasteiger partial charge in [-0.25, -0.2) is 15.0 Å². The van der Waals surface area contributed by atoms with Gasteiger partial charge in [-0.15, -0.1) is 0 Å². The number of hydrogen-bond acceptors (Lipinski definition) is 3. The molecule has 1 spiro atoms. The summed E-state index contributed by atoms with van der Waals surface area (Å²) < 4.78 is 0. The van der Waals surface area contributed by atoms with Gasteiger partial charge in [0.05, 0.1) is 0 Å². The Kier molecular flexibility index (Phi) is 7.35. The van der Waals surface area contributed by atoms with E-state index in [1.54, 1.807) is 5.57 Å². The molecule has 3 aliphatic carbocycles. The molecule has 52 heavy (non-hydrogen) atoms. The van der Waals surface area contributed by atoms with Crippen LogP contribution in [0.5, 0.6) is 0 Å². The molecule has 3 aliphatic rings. The van der Waals surface area contributed by atoms with Crippen LogP contribution in [0.25, 0.3) is 67.5 Å². The first-order chi connectivity index (χ1) is 25.7. The monoisotopic (exact) mass is 669 g/mol. The summed E-state index contributed by atoms with van der Waals surface area (Å²) in [5.74, 6) is 3.43. The van der Waals surface area contributed by atoms with Gasteiger partial charge in [-0.3, -0.25) is 0 Å². The summed E-state index contributed by atoms with van der Waals surface area (Å²) >= 11 is 0. The molecule has 3 nitrogen and oxygen atoms in total. The lowest BCUT2D eigenvalue weighted by molar-refractivity contribution is 0.284. The van der Waals surface area contributed by atoms with E-state index < -0.39 is 0 Å². The van der Waals surface area contributed by atoms with Crippen molar-refractivity contribution in [1.82, 2.24) is 15.0 Å². The van der Waals surface area contributed by atoms with Gasteiger partial charge in [-0.1, -0.05) is 170 Å². The van der Waals surface area contributed by atoms with Gasteiger partial charge in [0.1, 0.15) is 0 Å². The van der Waals surface area contributed by atoms with Crippen LogP contribution in [0.15, 0.2) is 163 Å². The summed E-state index contributed by atoms with van der Waals surface area (Å²) in [5.41, 5.74) is 14.9. The Morgan fingerprint density at radius 2 is 1.02 bits per heavy atom. The molecule has 0 N–H and O–H groups in total. The van der Waals surface area contributed by atoms with E-state index >= 15 is 0 Å². The third-order valence-corrected chi connectivity index (χ3v) is 11.7. The number of hydrogen-bond donors (Lipinski definition) is 0. The minimum absolute atomic E-state index is 0.0607. The SMILES string of the molecule is CC1C=C2CC(CCC23c2ccccc2-c2c(-c4ccccc4-c4nc(-c5ccccc5)nc(-c5ccc(-c6ccccc6)cc5)n4)cccc23)C1. The van der Waals surface area contributed by atoms with Crippen LogP contribution in [-0.2, 0) is 5.41 Å². The maximum Gasteiger partial charge on any atom is 0.164 e. The minimum Gasteiger partial charge on any atom is -0.208 e. The summed E-state index contributed by atoms with van der Waals surface area (Å²) in [4.78, 5) is 15.5. The van der Waals surface area contributed by atoms with Gasteiger partial charge in [0.15, 0.2) is 17.5 Å². The summed E-state index contributed by atoms with van der Waals surface area (Å²) in [6.45, 7) is 2.41. The standard InChI is InChI=1S/C49H39N3/c1-32-29-33-27-28-49(38(30-32)31-33)43-21-11-10-19-42(43)45-40(20-12-22-44(45)49)39-17-8-9-18-41(39)48-51-46(36-15-6-3-7-16-36)50-47(52-48)37-25-23-35(24-26-37)34-13-4-2-5-14-34/h2-26,30,32-33H,27-29,31H2,1H3. The van der Waals surface area contributed by atoms with Crippen LogP contribution in [0, 0.1) is 11.8 Å². The average Bonchev–Trinajstić information content (AvgIpc) is 3.50. The van der Waals surface area contributed by atoms with E-state index in [1.165, 1.54) is 59.1 Å². The highest BCUT2D eigenvalue weighted by Crippen LogP contribution is 2.62. The number of nitrogens with zero attached hydrogens (tertiary/aromatic N) is 3. The zero-order valence-corrected chi connectivity index (χ0v) is 29.3. The van der Waals surface area contributed by atoms with Gasteiger partial charge in [0.25, 0.3) is 0 Å². The van der Waals surface area contributed by atoms with Crippen molar-refractivity contribution in [1.29, 1.82) is 0 Å². The summed E-state index contributed by atoms with van der Waals surface area (Å²) in [6, 6.07) is 54.1. The number of fused-ring (bicyclic) bond motifs is 8. The lowest BCUT2D eigenvalue weighted by Crippen LogP contribution is -2.36. The molecule has 3 heteroatoms. The van der Waals surface area contributed by atoms with E-state index in [0.29, 0.717) is 23.4 Å². The Morgan fingerprint density at radius 1 is 0.481 bits per heavy atom. The van der Waals surface area contributed by atoms with Crippen molar-refractivity contribution < 1.29 is 0 Å². The van der Waals surface area contributed by atoms with Crippen molar-refractivity contribution in [3.8, 4) is 67.5 Å². The molecule has 1 saturated carbocycles. The second-order valence-electron chi connectivity index (χ2n) is 14.9. The zero-order chi connectivity index (χ0) is 34.6. The summed E-state index contributed by atoms with van der Waals surface area (Å²) in [6.07, 6.45) is 7.59. The molecule has 7 aromatic rings. The van der Waals surface area contributed by atoms with Crippen molar-refractivity contribution in [3.63, 3.8) is 0 Å². The number of aromatic nitrogens is 3. The minimum atomic E-state index is -0.0607. The highest BCUT2D eigenvalue weighted by molar-refractivity contribution is 5.97.